The third kappa shape index (κ3) is 3.16. The Morgan fingerprint density at radius 1 is 1.29 bits per heavy atom. The fourth-order valence-corrected chi connectivity index (χ4v) is 5.10. The summed E-state index contributed by atoms with van der Waals surface area (Å²) in [7, 11) is 0. The molecule has 9 heteroatoms. The number of hydrogen-bond donors (Lipinski definition) is 2. The Hall–Kier alpha value is -3.80. The zero-order valence-electron chi connectivity index (χ0n) is 18.5. The number of carbonyl (C=O) groups is 1. The molecule has 34 heavy (non-hydrogen) atoms. The van der Waals surface area contributed by atoms with E-state index in [1.54, 1.807) is 10.8 Å². The predicted octanol–water partition coefficient (Wildman–Crippen LogP) is 5.65. The van der Waals surface area contributed by atoms with Gasteiger partial charge in [-0.3, -0.25) is 5.10 Å². The molecule has 1 aliphatic carbocycles. The Bertz CT molecular complexity index is 1510. The van der Waals surface area contributed by atoms with Crippen LogP contribution in [0.2, 0.25) is 0 Å². The van der Waals surface area contributed by atoms with E-state index in [2.05, 4.69) is 16.3 Å². The molecular weight excluding hydrogens is 445 g/mol. The van der Waals surface area contributed by atoms with Crippen LogP contribution in [-0.4, -0.2) is 31.5 Å². The van der Waals surface area contributed by atoms with Gasteiger partial charge in [-0.25, -0.2) is 18.0 Å². The first-order chi connectivity index (χ1) is 16.1. The number of aliphatic carboxylic acids is 1. The lowest BCUT2D eigenvalue weighted by Gasteiger charge is -2.40. The standard InChI is InChI=1S/C25H21F3N4O2/c1-24(2,5-6-29)22-21(14-10-25(28,11-14)23(33)34)16-9-19-13(12-30-31-19)7-20(16)32(22)15-3-4-17(26)18(27)8-15/h3-4,7-9,12,14H,5,10-11H2,1-2H3,(H,30,31)(H,33,34). The van der Waals surface area contributed by atoms with E-state index in [0.717, 1.165) is 28.4 Å². The largest absolute Gasteiger partial charge is 0.479 e. The molecule has 0 spiro atoms. The van der Waals surface area contributed by atoms with Crippen molar-refractivity contribution in [2.45, 2.75) is 50.1 Å². The fraction of sp³-hybridized carbons (Fsp3) is 0.320. The maximum atomic E-state index is 14.8. The van der Waals surface area contributed by atoms with E-state index >= 15 is 0 Å². The van der Waals surface area contributed by atoms with Crippen LogP contribution in [0.3, 0.4) is 0 Å². The molecule has 174 valence electrons. The van der Waals surface area contributed by atoms with Gasteiger partial charge in [0, 0.05) is 40.1 Å². The van der Waals surface area contributed by atoms with Gasteiger partial charge in [0.15, 0.2) is 11.6 Å². The minimum absolute atomic E-state index is 0.103. The molecule has 2 aromatic heterocycles. The summed E-state index contributed by atoms with van der Waals surface area (Å²) in [6, 6.07) is 9.46. The van der Waals surface area contributed by atoms with Gasteiger partial charge in [0.25, 0.3) is 0 Å². The van der Waals surface area contributed by atoms with Crippen LogP contribution in [-0.2, 0) is 10.2 Å². The van der Waals surface area contributed by atoms with Crippen LogP contribution in [0, 0.1) is 23.0 Å². The highest BCUT2D eigenvalue weighted by atomic mass is 19.2. The van der Waals surface area contributed by atoms with Crippen LogP contribution in [0.4, 0.5) is 13.2 Å². The predicted molar refractivity (Wildman–Crippen MR) is 120 cm³/mol. The SMILES string of the molecule is CC(C)(CC#N)c1c(C2CC(F)(C(=O)O)C2)c2cc3[nH]ncc3cc2n1-c1ccc(F)c(F)c1. The number of rotatable bonds is 5. The summed E-state index contributed by atoms with van der Waals surface area (Å²) in [5.74, 6) is -3.94. The van der Waals surface area contributed by atoms with Gasteiger partial charge >= 0.3 is 5.97 Å². The van der Waals surface area contributed by atoms with Gasteiger partial charge in [0.1, 0.15) is 0 Å². The van der Waals surface area contributed by atoms with Crippen molar-refractivity contribution in [3.63, 3.8) is 0 Å². The molecule has 2 aromatic carbocycles. The second-order valence-electron chi connectivity index (χ2n) is 9.62. The van der Waals surface area contributed by atoms with Gasteiger partial charge < -0.3 is 9.67 Å². The summed E-state index contributed by atoms with van der Waals surface area (Å²) < 4.78 is 44.7. The van der Waals surface area contributed by atoms with Crippen molar-refractivity contribution in [3.8, 4) is 11.8 Å². The summed E-state index contributed by atoms with van der Waals surface area (Å²) in [6.45, 7) is 3.71. The quantitative estimate of drug-likeness (QED) is 0.398. The highest BCUT2D eigenvalue weighted by Gasteiger charge is 2.53. The monoisotopic (exact) mass is 466 g/mol. The lowest BCUT2D eigenvalue weighted by Crippen LogP contribution is -2.46. The minimum Gasteiger partial charge on any atom is -0.479 e. The molecule has 0 bridgehead atoms. The summed E-state index contributed by atoms with van der Waals surface area (Å²) in [5.41, 5.74) is 0.00255. The summed E-state index contributed by atoms with van der Waals surface area (Å²) in [4.78, 5) is 11.5. The van der Waals surface area contributed by atoms with Crippen LogP contribution in [0.1, 0.15) is 50.3 Å². The number of nitrogens with one attached hydrogen (secondary N) is 1. The van der Waals surface area contributed by atoms with Gasteiger partial charge in [-0.1, -0.05) is 13.8 Å². The maximum Gasteiger partial charge on any atom is 0.341 e. The number of alkyl halides is 1. The molecule has 0 saturated heterocycles. The number of carboxylic acids is 1. The van der Waals surface area contributed by atoms with E-state index in [1.807, 2.05) is 26.0 Å². The third-order valence-corrected chi connectivity index (χ3v) is 6.82. The molecule has 4 aromatic rings. The van der Waals surface area contributed by atoms with Gasteiger partial charge in [-0.2, -0.15) is 10.4 Å². The number of benzene rings is 2. The van der Waals surface area contributed by atoms with Gasteiger partial charge in [0.05, 0.1) is 23.3 Å². The maximum absolute atomic E-state index is 14.8. The molecule has 1 fully saturated rings. The average Bonchev–Trinajstić information content (AvgIpc) is 3.33. The van der Waals surface area contributed by atoms with E-state index in [9.17, 15) is 28.3 Å². The van der Waals surface area contributed by atoms with Crippen molar-refractivity contribution in [2.24, 2.45) is 0 Å². The van der Waals surface area contributed by atoms with Crippen molar-refractivity contribution in [1.82, 2.24) is 14.8 Å². The van der Waals surface area contributed by atoms with Crippen LogP contribution < -0.4 is 0 Å². The van der Waals surface area contributed by atoms with Gasteiger partial charge in [-0.15, -0.1) is 0 Å². The Balaban J connectivity index is 1.87. The molecular formula is C25H21F3N4O2. The van der Waals surface area contributed by atoms with E-state index in [4.69, 9.17) is 0 Å². The molecule has 5 rings (SSSR count). The number of H-pyrrole nitrogens is 1. The van der Waals surface area contributed by atoms with Crippen LogP contribution in [0.25, 0.3) is 27.5 Å². The van der Waals surface area contributed by atoms with Crippen molar-refractivity contribution in [3.05, 3.63) is 59.4 Å². The molecule has 0 atom stereocenters. The molecule has 0 amide bonds. The molecule has 6 nitrogen and oxygen atoms in total. The van der Waals surface area contributed by atoms with Crippen molar-refractivity contribution >= 4 is 27.8 Å². The average molecular weight is 466 g/mol. The molecule has 1 aliphatic rings. The summed E-state index contributed by atoms with van der Waals surface area (Å²) in [6.07, 6.45) is 1.31. The van der Waals surface area contributed by atoms with E-state index < -0.39 is 34.6 Å². The van der Waals surface area contributed by atoms with Crippen molar-refractivity contribution in [1.29, 1.82) is 5.26 Å². The Morgan fingerprint density at radius 2 is 2.03 bits per heavy atom. The second-order valence-corrected chi connectivity index (χ2v) is 9.62. The van der Waals surface area contributed by atoms with Crippen LogP contribution in [0.15, 0.2) is 36.5 Å². The number of nitriles is 1. The lowest BCUT2D eigenvalue weighted by molar-refractivity contribution is -0.158. The first kappa shape index (κ1) is 22.0. The number of halogens is 3. The molecule has 2 N–H and O–H groups in total. The Morgan fingerprint density at radius 3 is 2.68 bits per heavy atom. The van der Waals surface area contributed by atoms with E-state index in [1.165, 1.54) is 6.07 Å². The zero-order chi connectivity index (χ0) is 24.4. The lowest BCUT2D eigenvalue weighted by atomic mass is 9.66. The minimum atomic E-state index is -2.32. The number of fused-ring (bicyclic) bond motifs is 2. The number of carboxylic acid groups (broad SMARTS) is 1. The van der Waals surface area contributed by atoms with Gasteiger partial charge in [0.2, 0.25) is 5.67 Å². The number of aromatic amines is 1. The first-order valence-corrected chi connectivity index (χ1v) is 10.8. The normalized spacial score (nSPS) is 20.4. The van der Waals surface area contributed by atoms with Gasteiger partial charge in [-0.05, 0) is 48.6 Å². The number of hydrogen-bond acceptors (Lipinski definition) is 3. The van der Waals surface area contributed by atoms with E-state index in [-0.39, 0.29) is 19.3 Å². The highest BCUT2D eigenvalue weighted by molar-refractivity contribution is 5.99. The first-order valence-electron chi connectivity index (χ1n) is 10.8. The summed E-state index contributed by atoms with van der Waals surface area (Å²) >= 11 is 0. The van der Waals surface area contributed by atoms with Crippen molar-refractivity contribution < 1.29 is 23.1 Å². The molecule has 2 heterocycles. The van der Waals surface area contributed by atoms with Crippen LogP contribution in [0.5, 0.6) is 0 Å². The molecule has 0 aliphatic heterocycles. The zero-order valence-corrected chi connectivity index (χ0v) is 18.5. The van der Waals surface area contributed by atoms with Crippen LogP contribution >= 0.6 is 0 Å². The molecule has 1 saturated carbocycles. The second kappa shape index (κ2) is 7.35. The topological polar surface area (TPSA) is 94.7 Å². The molecule has 0 unspecified atom stereocenters. The number of aromatic nitrogens is 3. The fourth-order valence-electron chi connectivity index (χ4n) is 5.10. The van der Waals surface area contributed by atoms with E-state index in [0.29, 0.717) is 22.5 Å². The summed E-state index contributed by atoms with van der Waals surface area (Å²) in [5, 5.41) is 27.3. The molecule has 0 radical (unpaired) electrons. The Kier molecular flexibility index (Phi) is 4.76. The number of nitrogens with zero attached hydrogens (tertiary/aromatic N) is 3. The Labute approximate surface area is 192 Å². The third-order valence-electron chi connectivity index (χ3n) is 6.82. The smallest absolute Gasteiger partial charge is 0.341 e. The highest BCUT2D eigenvalue weighted by Crippen LogP contribution is 2.53. The van der Waals surface area contributed by atoms with Crippen molar-refractivity contribution in [2.75, 3.05) is 0 Å².